The number of aromatic hydroxyl groups is 1. The first-order valence-corrected chi connectivity index (χ1v) is 10.5. The topological polar surface area (TPSA) is 81.1 Å². The van der Waals surface area contributed by atoms with Crippen molar-refractivity contribution in [1.82, 2.24) is 9.88 Å². The van der Waals surface area contributed by atoms with Crippen LogP contribution < -0.4 is 0 Å². The van der Waals surface area contributed by atoms with E-state index in [9.17, 15) is 9.90 Å². The van der Waals surface area contributed by atoms with Crippen molar-refractivity contribution in [3.63, 3.8) is 0 Å². The quantitative estimate of drug-likeness (QED) is 0.463. The van der Waals surface area contributed by atoms with Gasteiger partial charge < -0.3 is 15.0 Å². The molecule has 2 unspecified atom stereocenters. The number of likely N-dealkylation sites (tertiary alicyclic amines) is 1. The molecule has 1 saturated heterocycles. The molecule has 0 radical (unpaired) electrons. The van der Waals surface area contributed by atoms with Crippen LogP contribution in [0.4, 0.5) is 11.4 Å². The van der Waals surface area contributed by atoms with Gasteiger partial charge in [-0.15, -0.1) is 5.11 Å². The molecule has 1 aliphatic rings. The summed E-state index contributed by atoms with van der Waals surface area (Å²) in [5, 5.41) is 19.4. The predicted octanol–water partition coefficient (Wildman–Crippen LogP) is 6.17. The van der Waals surface area contributed by atoms with E-state index in [1.807, 2.05) is 23.1 Å². The summed E-state index contributed by atoms with van der Waals surface area (Å²) < 4.78 is 0.893. The SMILES string of the molecule is CC1CC(C)CN(C(=O)c2ccc(N=Nc3c(O)[nH]c4ccc(Br)cc34)cc2)C1. The van der Waals surface area contributed by atoms with Gasteiger partial charge in [0, 0.05) is 28.5 Å². The number of fused-ring (bicyclic) bond motifs is 1. The number of halogens is 1. The van der Waals surface area contributed by atoms with E-state index in [0.717, 1.165) is 28.5 Å². The predicted molar refractivity (Wildman–Crippen MR) is 117 cm³/mol. The van der Waals surface area contributed by atoms with Crippen LogP contribution in [0.1, 0.15) is 30.6 Å². The van der Waals surface area contributed by atoms with E-state index in [0.29, 0.717) is 28.8 Å². The average Bonchev–Trinajstić information content (AvgIpc) is 3.00. The van der Waals surface area contributed by atoms with Crippen molar-refractivity contribution >= 4 is 44.1 Å². The standard InChI is InChI=1S/C22H23BrN4O2/c1-13-9-14(2)12-27(11-13)22(29)15-3-6-17(7-4-15)25-26-20-18-10-16(23)5-8-19(18)24-21(20)28/h3-8,10,13-14,24,28H,9,11-12H2,1-2H3. The van der Waals surface area contributed by atoms with E-state index in [2.05, 4.69) is 45.0 Å². The molecule has 2 atom stereocenters. The second-order valence-corrected chi connectivity index (χ2v) is 8.83. The third kappa shape index (κ3) is 4.19. The summed E-state index contributed by atoms with van der Waals surface area (Å²) in [6.07, 6.45) is 1.17. The molecule has 1 fully saturated rings. The van der Waals surface area contributed by atoms with Crippen LogP contribution in [0, 0.1) is 11.8 Å². The summed E-state index contributed by atoms with van der Waals surface area (Å²) in [5.41, 5.74) is 2.44. The zero-order valence-electron chi connectivity index (χ0n) is 16.4. The molecule has 6 nitrogen and oxygen atoms in total. The smallest absolute Gasteiger partial charge is 0.253 e. The Hall–Kier alpha value is -2.67. The number of azo groups is 1. The monoisotopic (exact) mass is 454 g/mol. The summed E-state index contributed by atoms with van der Waals surface area (Å²) in [5.74, 6) is 1.09. The lowest BCUT2D eigenvalue weighted by Crippen LogP contribution is -2.42. The van der Waals surface area contributed by atoms with Crippen molar-refractivity contribution in [2.75, 3.05) is 13.1 Å². The van der Waals surface area contributed by atoms with Gasteiger partial charge in [0.25, 0.3) is 5.91 Å². The molecule has 0 aliphatic carbocycles. The number of rotatable bonds is 3. The molecule has 29 heavy (non-hydrogen) atoms. The first-order chi connectivity index (χ1) is 13.9. The first-order valence-electron chi connectivity index (χ1n) is 9.72. The number of H-pyrrole nitrogens is 1. The van der Waals surface area contributed by atoms with Crippen LogP contribution in [-0.4, -0.2) is 34.0 Å². The molecule has 4 rings (SSSR count). The van der Waals surface area contributed by atoms with E-state index in [4.69, 9.17) is 0 Å². The maximum atomic E-state index is 12.8. The third-order valence-electron chi connectivity index (χ3n) is 5.25. The number of benzene rings is 2. The molecule has 0 bridgehead atoms. The Morgan fingerprint density at radius 2 is 1.79 bits per heavy atom. The van der Waals surface area contributed by atoms with Crippen LogP contribution in [-0.2, 0) is 0 Å². The molecular formula is C22H23BrN4O2. The highest BCUT2D eigenvalue weighted by atomic mass is 79.9. The lowest BCUT2D eigenvalue weighted by atomic mass is 9.91. The maximum Gasteiger partial charge on any atom is 0.253 e. The summed E-state index contributed by atoms with van der Waals surface area (Å²) in [4.78, 5) is 17.6. The number of aromatic nitrogens is 1. The number of nitrogens with one attached hydrogen (secondary N) is 1. The van der Waals surface area contributed by atoms with Gasteiger partial charge in [-0.2, -0.15) is 5.11 Å². The Balaban J connectivity index is 1.52. The van der Waals surface area contributed by atoms with Crippen LogP contribution in [0.25, 0.3) is 10.9 Å². The lowest BCUT2D eigenvalue weighted by molar-refractivity contribution is 0.0623. The van der Waals surface area contributed by atoms with Gasteiger partial charge in [-0.1, -0.05) is 29.8 Å². The molecule has 1 amide bonds. The molecule has 2 N–H and O–H groups in total. The van der Waals surface area contributed by atoms with Gasteiger partial charge in [0.1, 0.15) is 0 Å². The average molecular weight is 455 g/mol. The zero-order valence-corrected chi connectivity index (χ0v) is 18.0. The fourth-order valence-electron chi connectivity index (χ4n) is 4.03. The van der Waals surface area contributed by atoms with Crippen molar-refractivity contribution in [2.45, 2.75) is 20.3 Å². The Morgan fingerprint density at radius 3 is 2.48 bits per heavy atom. The molecule has 1 aliphatic heterocycles. The highest BCUT2D eigenvalue weighted by molar-refractivity contribution is 9.10. The third-order valence-corrected chi connectivity index (χ3v) is 5.74. The van der Waals surface area contributed by atoms with Gasteiger partial charge in [0.2, 0.25) is 5.88 Å². The minimum Gasteiger partial charge on any atom is -0.493 e. The number of piperidine rings is 1. The van der Waals surface area contributed by atoms with E-state index < -0.39 is 0 Å². The second kappa shape index (κ2) is 7.99. The fraction of sp³-hybridized carbons (Fsp3) is 0.318. The summed E-state index contributed by atoms with van der Waals surface area (Å²) in [6, 6.07) is 12.7. The Bertz CT molecular complexity index is 1060. The van der Waals surface area contributed by atoms with Crippen molar-refractivity contribution in [2.24, 2.45) is 22.1 Å². The number of aromatic amines is 1. The van der Waals surface area contributed by atoms with Gasteiger partial charge in [-0.25, -0.2) is 0 Å². The number of carbonyl (C=O) groups is 1. The van der Waals surface area contributed by atoms with Crippen molar-refractivity contribution in [3.05, 3.63) is 52.5 Å². The van der Waals surface area contributed by atoms with Gasteiger partial charge >= 0.3 is 0 Å². The van der Waals surface area contributed by atoms with Crippen molar-refractivity contribution < 1.29 is 9.90 Å². The largest absolute Gasteiger partial charge is 0.493 e. The van der Waals surface area contributed by atoms with Crippen LogP contribution in [0.2, 0.25) is 0 Å². The van der Waals surface area contributed by atoms with Crippen LogP contribution in [0.15, 0.2) is 57.2 Å². The minimum absolute atomic E-state index is 0.0259. The Morgan fingerprint density at radius 1 is 1.10 bits per heavy atom. The van der Waals surface area contributed by atoms with Gasteiger partial charge in [0.15, 0.2) is 5.69 Å². The molecule has 3 aromatic rings. The molecule has 1 aromatic heterocycles. The van der Waals surface area contributed by atoms with E-state index in [1.54, 1.807) is 24.3 Å². The van der Waals surface area contributed by atoms with Crippen molar-refractivity contribution in [1.29, 1.82) is 0 Å². The Kier molecular flexibility index (Phi) is 5.41. The molecule has 150 valence electrons. The normalized spacial score (nSPS) is 19.9. The fourth-order valence-corrected chi connectivity index (χ4v) is 4.39. The molecule has 2 heterocycles. The molecule has 0 saturated carbocycles. The van der Waals surface area contributed by atoms with Crippen LogP contribution in [0.5, 0.6) is 5.88 Å². The number of carbonyl (C=O) groups excluding carboxylic acids is 1. The zero-order chi connectivity index (χ0) is 20.5. The maximum absolute atomic E-state index is 12.8. The number of nitrogens with zero attached hydrogens (tertiary/aromatic N) is 3. The first kappa shape index (κ1) is 19.6. The molecule has 0 spiro atoms. The van der Waals surface area contributed by atoms with E-state index >= 15 is 0 Å². The van der Waals surface area contributed by atoms with Gasteiger partial charge in [-0.3, -0.25) is 4.79 Å². The highest BCUT2D eigenvalue weighted by Gasteiger charge is 2.26. The van der Waals surface area contributed by atoms with Crippen LogP contribution >= 0.6 is 15.9 Å². The van der Waals surface area contributed by atoms with Gasteiger partial charge in [-0.05, 0) is 60.7 Å². The summed E-state index contributed by atoms with van der Waals surface area (Å²) >= 11 is 3.43. The number of hydrogen-bond acceptors (Lipinski definition) is 4. The summed E-state index contributed by atoms with van der Waals surface area (Å²) in [7, 11) is 0. The number of hydrogen-bond donors (Lipinski definition) is 2. The second-order valence-electron chi connectivity index (χ2n) is 7.92. The van der Waals surface area contributed by atoms with Crippen LogP contribution in [0.3, 0.4) is 0 Å². The lowest BCUT2D eigenvalue weighted by Gasteiger charge is -2.35. The van der Waals surface area contributed by atoms with E-state index in [-0.39, 0.29) is 11.8 Å². The minimum atomic E-state index is -0.0259. The van der Waals surface area contributed by atoms with E-state index in [1.165, 1.54) is 6.42 Å². The summed E-state index contributed by atoms with van der Waals surface area (Å²) in [6.45, 7) is 6.00. The van der Waals surface area contributed by atoms with Gasteiger partial charge in [0.05, 0.1) is 11.2 Å². The molecular weight excluding hydrogens is 432 g/mol. The highest BCUT2D eigenvalue weighted by Crippen LogP contribution is 2.37. The molecule has 2 aromatic carbocycles. The Labute approximate surface area is 177 Å². The number of amides is 1. The molecule has 7 heteroatoms. The van der Waals surface area contributed by atoms with Crippen molar-refractivity contribution in [3.8, 4) is 5.88 Å².